The van der Waals surface area contributed by atoms with Crippen molar-refractivity contribution in [1.29, 1.82) is 0 Å². The number of aryl methyl sites for hydroxylation is 1. The Kier molecular flexibility index (Phi) is 6.52. The van der Waals surface area contributed by atoms with E-state index in [1.165, 1.54) is 6.07 Å². The number of aromatic nitrogens is 2. The fourth-order valence-corrected chi connectivity index (χ4v) is 2.64. The average Bonchev–Trinajstić information content (AvgIpc) is 2.98. The van der Waals surface area contributed by atoms with Crippen LogP contribution in [0.1, 0.15) is 44.1 Å². The van der Waals surface area contributed by atoms with Gasteiger partial charge in [-0.1, -0.05) is 6.07 Å². The molecule has 0 saturated heterocycles. The van der Waals surface area contributed by atoms with Gasteiger partial charge in [-0.15, -0.1) is 0 Å². The van der Waals surface area contributed by atoms with Gasteiger partial charge in [-0.2, -0.15) is 0 Å². The van der Waals surface area contributed by atoms with Gasteiger partial charge in [0.05, 0.1) is 11.7 Å². The third-order valence-electron chi connectivity index (χ3n) is 4.08. The molecule has 7 heteroatoms. The zero-order valence-electron chi connectivity index (χ0n) is 14.8. The highest BCUT2D eigenvalue weighted by Gasteiger charge is 2.14. The fraction of sp³-hybridized carbons (Fsp3) is 0.444. The smallest absolute Gasteiger partial charge is 0.315 e. The lowest BCUT2D eigenvalue weighted by Crippen LogP contribution is -2.41. The van der Waals surface area contributed by atoms with Gasteiger partial charge in [0.2, 0.25) is 0 Å². The molecular weight excluding hydrogens is 323 g/mol. The van der Waals surface area contributed by atoms with Gasteiger partial charge in [0, 0.05) is 25.0 Å². The molecule has 0 aliphatic heterocycles. The molecule has 0 fully saturated rings. The second-order valence-corrected chi connectivity index (χ2v) is 6.16. The molecule has 1 aromatic carbocycles. The Bertz CT molecular complexity index is 717. The highest BCUT2D eigenvalue weighted by molar-refractivity contribution is 5.74. The summed E-state index contributed by atoms with van der Waals surface area (Å²) in [6.07, 6.45) is 4.66. The Morgan fingerprint density at radius 3 is 2.72 bits per heavy atom. The lowest BCUT2D eigenvalue weighted by atomic mass is 10.1. The van der Waals surface area contributed by atoms with E-state index < -0.39 is 0 Å². The molecule has 6 nitrogen and oxygen atoms in total. The van der Waals surface area contributed by atoms with E-state index in [4.69, 9.17) is 5.11 Å². The molecule has 0 unspecified atom stereocenters. The number of carbonyl (C=O) groups is 1. The van der Waals surface area contributed by atoms with Crippen molar-refractivity contribution in [3.63, 3.8) is 0 Å². The zero-order chi connectivity index (χ0) is 18.4. The number of halogens is 1. The maximum Gasteiger partial charge on any atom is 0.315 e. The molecule has 2 amide bonds. The SMILES string of the molecule is Cc1nccn1-c1ccc([C@@H](C)NC(=O)N[C@@H](C)CCCO)cc1F. The van der Waals surface area contributed by atoms with Crippen LogP contribution in [0.5, 0.6) is 0 Å². The van der Waals surface area contributed by atoms with Crippen molar-refractivity contribution < 1.29 is 14.3 Å². The highest BCUT2D eigenvalue weighted by Crippen LogP contribution is 2.20. The Hall–Kier alpha value is -2.41. The number of hydrogen-bond acceptors (Lipinski definition) is 3. The maximum absolute atomic E-state index is 14.4. The van der Waals surface area contributed by atoms with Gasteiger partial charge in [-0.05, 0) is 51.3 Å². The molecule has 0 aliphatic carbocycles. The molecule has 0 aliphatic rings. The highest BCUT2D eigenvalue weighted by atomic mass is 19.1. The van der Waals surface area contributed by atoms with Crippen molar-refractivity contribution in [2.24, 2.45) is 0 Å². The molecule has 25 heavy (non-hydrogen) atoms. The summed E-state index contributed by atoms with van der Waals surface area (Å²) in [5.74, 6) is 0.332. The predicted molar refractivity (Wildman–Crippen MR) is 94.1 cm³/mol. The van der Waals surface area contributed by atoms with Crippen LogP contribution in [0, 0.1) is 12.7 Å². The van der Waals surface area contributed by atoms with Crippen molar-refractivity contribution in [3.8, 4) is 5.69 Å². The lowest BCUT2D eigenvalue weighted by molar-refractivity contribution is 0.231. The molecule has 2 aromatic rings. The topological polar surface area (TPSA) is 79.2 Å². The summed E-state index contributed by atoms with van der Waals surface area (Å²) in [6.45, 7) is 5.59. The first-order valence-electron chi connectivity index (χ1n) is 8.40. The first-order chi connectivity index (χ1) is 11.9. The number of carbonyl (C=O) groups excluding carboxylic acids is 1. The Morgan fingerprint density at radius 2 is 2.12 bits per heavy atom. The minimum Gasteiger partial charge on any atom is -0.396 e. The second kappa shape index (κ2) is 8.62. The summed E-state index contributed by atoms with van der Waals surface area (Å²) in [5.41, 5.74) is 1.10. The quantitative estimate of drug-likeness (QED) is 0.720. The number of nitrogens with one attached hydrogen (secondary N) is 2. The van der Waals surface area contributed by atoms with Crippen LogP contribution >= 0.6 is 0 Å². The van der Waals surface area contributed by atoms with Crippen LogP contribution in [0.25, 0.3) is 5.69 Å². The van der Waals surface area contributed by atoms with E-state index in [1.807, 2.05) is 6.92 Å². The molecule has 0 saturated carbocycles. The van der Waals surface area contributed by atoms with Crippen LogP contribution in [-0.4, -0.2) is 33.3 Å². The molecule has 3 N–H and O–H groups in total. The standard InChI is InChI=1S/C18H25FN4O2/c1-12(5-4-10-24)21-18(25)22-13(2)15-6-7-17(16(19)11-15)23-9-8-20-14(23)3/h6-9,11-13,24H,4-5,10H2,1-3H3,(H2,21,22,25)/t12-,13+/m0/s1. The van der Waals surface area contributed by atoms with Gasteiger partial charge < -0.3 is 20.3 Å². The fourth-order valence-electron chi connectivity index (χ4n) is 2.64. The number of aliphatic hydroxyl groups is 1. The van der Waals surface area contributed by atoms with Crippen molar-refractivity contribution in [3.05, 3.63) is 47.8 Å². The minimum absolute atomic E-state index is 0.0392. The molecule has 2 rings (SSSR count). The van der Waals surface area contributed by atoms with Crippen molar-refractivity contribution >= 4 is 6.03 Å². The lowest BCUT2D eigenvalue weighted by Gasteiger charge is -2.19. The van der Waals surface area contributed by atoms with Gasteiger partial charge >= 0.3 is 6.03 Å². The molecule has 2 atom stereocenters. The first kappa shape index (κ1) is 18.9. The Morgan fingerprint density at radius 1 is 1.36 bits per heavy atom. The third-order valence-corrected chi connectivity index (χ3v) is 4.08. The van der Waals surface area contributed by atoms with Gasteiger partial charge in [-0.25, -0.2) is 14.2 Å². The number of benzene rings is 1. The first-order valence-corrected chi connectivity index (χ1v) is 8.40. The van der Waals surface area contributed by atoms with Crippen LogP contribution in [0.3, 0.4) is 0 Å². The normalized spacial score (nSPS) is 13.3. The van der Waals surface area contributed by atoms with E-state index in [-0.39, 0.29) is 30.5 Å². The van der Waals surface area contributed by atoms with Crippen LogP contribution < -0.4 is 10.6 Å². The Labute approximate surface area is 147 Å². The number of hydrogen-bond donors (Lipinski definition) is 3. The molecular formula is C18H25FN4O2. The monoisotopic (exact) mass is 348 g/mol. The Balaban J connectivity index is 2.00. The summed E-state index contributed by atoms with van der Waals surface area (Å²) >= 11 is 0. The molecule has 136 valence electrons. The van der Waals surface area contributed by atoms with E-state index in [2.05, 4.69) is 15.6 Å². The largest absolute Gasteiger partial charge is 0.396 e. The second-order valence-electron chi connectivity index (χ2n) is 6.16. The van der Waals surface area contributed by atoms with Crippen LogP contribution in [-0.2, 0) is 0 Å². The maximum atomic E-state index is 14.4. The number of imidazole rings is 1. The summed E-state index contributed by atoms with van der Waals surface area (Å²) in [7, 11) is 0. The van der Waals surface area contributed by atoms with Crippen molar-refractivity contribution in [2.45, 2.75) is 45.7 Å². The minimum atomic E-state index is -0.371. The van der Waals surface area contributed by atoms with E-state index in [0.29, 0.717) is 29.9 Å². The molecule has 1 heterocycles. The summed E-state index contributed by atoms with van der Waals surface area (Å²) in [4.78, 5) is 16.1. The summed E-state index contributed by atoms with van der Waals surface area (Å²) in [5, 5.41) is 14.4. The van der Waals surface area contributed by atoms with Gasteiger partial charge in [0.15, 0.2) is 0 Å². The number of urea groups is 1. The van der Waals surface area contributed by atoms with Crippen molar-refractivity contribution in [1.82, 2.24) is 20.2 Å². The van der Waals surface area contributed by atoms with E-state index in [1.54, 1.807) is 42.9 Å². The average molecular weight is 348 g/mol. The van der Waals surface area contributed by atoms with Gasteiger partial charge in [-0.3, -0.25) is 0 Å². The van der Waals surface area contributed by atoms with E-state index >= 15 is 0 Å². The van der Waals surface area contributed by atoms with Crippen LogP contribution in [0.15, 0.2) is 30.6 Å². The molecule has 0 spiro atoms. The van der Waals surface area contributed by atoms with Crippen LogP contribution in [0.2, 0.25) is 0 Å². The number of aliphatic hydroxyl groups excluding tert-OH is 1. The van der Waals surface area contributed by atoms with E-state index in [0.717, 1.165) is 0 Å². The van der Waals surface area contributed by atoms with Crippen LogP contribution in [0.4, 0.5) is 9.18 Å². The molecule has 0 bridgehead atoms. The number of amides is 2. The third kappa shape index (κ3) is 5.03. The number of rotatable bonds is 7. The molecule has 0 radical (unpaired) electrons. The van der Waals surface area contributed by atoms with Gasteiger partial charge in [0.25, 0.3) is 0 Å². The summed E-state index contributed by atoms with van der Waals surface area (Å²) in [6, 6.07) is 4.21. The van der Waals surface area contributed by atoms with E-state index in [9.17, 15) is 9.18 Å². The molecule has 1 aromatic heterocycles. The van der Waals surface area contributed by atoms with Crippen molar-refractivity contribution in [2.75, 3.05) is 6.61 Å². The zero-order valence-corrected chi connectivity index (χ0v) is 14.8. The number of nitrogens with zero attached hydrogens (tertiary/aromatic N) is 2. The summed E-state index contributed by atoms with van der Waals surface area (Å²) < 4.78 is 16.1. The predicted octanol–water partition coefficient (Wildman–Crippen LogP) is 2.84. The van der Waals surface area contributed by atoms with Gasteiger partial charge in [0.1, 0.15) is 11.6 Å².